The van der Waals surface area contributed by atoms with Crippen molar-refractivity contribution in [3.63, 3.8) is 0 Å². The summed E-state index contributed by atoms with van der Waals surface area (Å²) in [6.45, 7) is 7.95. The molecule has 84 heavy (non-hydrogen) atoms. The van der Waals surface area contributed by atoms with Gasteiger partial charge in [0.1, 0.15) is 22.6 Å². The van der Waals surface area contributed by atoms with Crippen molar-refractivity contribution >= 4 is 116 Å². The lowest BCUT2D eigenvalue weighted by atomic mass is 10.1. The third kappa shape index (κ3) is 9.44. The van der Waals surface area contributed by atoms with Gasteiger partial charge in [-0.3, -0.25) is 18.3 Å². The van der Waals surface area contributed by atoms with Gasteiger partial charge in [-0.25, -0.2) is 29.9 Å². The van der Waals surface area contributed by atoms with E-state index in [0.29, 0.717) is 109 Å². The van der Waals surface area contributed by atoms with Crippen molar-refractivity contribution < 1.29 is 36.4 Å². The van der Waals surface area contributed by atoms with Gasteiger partial charge in [0.2, 0.25) is 0 Å². The quantitative estimate of drug-likeness (QED) is 0.0861. The van der Waals surface area contributed by atoms with Crippen LogP contribution in [0.2, 0.25) is 0 Å². The second kappa shape index (κ2) is 22.1. The van der Waals surface area contributed by atoms with Crippen LogP contribution in [0.1, 0.15) is 27.7 Å². The molecule has 13 rings (SSSR count). The Hall–Kier alpha value is -8.12. The third-order valence-corrected chi connectivity index (χ3v) is 25.0. The number of aromatic amines is 2. The van der Waals surface area contributed by atoms with Gasteiger partial charge in [-0.05, 0) is 149 Å². The van der Waals surface area contributed by atoms with Crippen LogP contribution in [-0.4, -0.2) is 66.3 Å². The molecule has 2 aliphatic rings. The third-order valence-electron chi connectivity index (χ3n) is 14.8. The number of nitrogens with zero attached hydrogens (tertiary/aromatic N) is 6. The fourth-order valence-electron chi connectivity index (χ4n) is 10.9. The van der Waals surface area contributed by atoms with Crippen LogP contribution in [0.15, 0.2) is 194 Å². The van der Waals surface area contributed by atoms with E-state index < -0.39 is 29.5 Å². The van der Waals surface area contributed by atoms with E-state index in [1.165, 1.54) is 0 Å². The first-order valence-electron chi connectivity index (χ1n) is 27.5. The molecular formula is C64H54N8O8P4. The first-order chi connectivity index (χ1) is 40.9. The molecule has 0 saturated carbocycles. The monoisotopic (exact) mass is 1190 g/mol. The number of hydrogen-bond donors (Lipinski definition) is 2. The van der Waals surface area contributed by atoms with Crippen molar-refractivity contribution in [3.8, 4) is 45.6 Å². The van der Waals surface area contributed by atoms with Gasteiger partial charge in [0, 0.05) is 86.2 Å². The summed E-state index contributed by atoms with van der Waals surface area (Å²) < 4.78 is 85.9. The van der Waals surface area contributed by atoms with Crippen molar-refractivity contribution in [1.29, 1.82) is 0 Å². The second-order valence-corrected chi connectivity index (χ2v) is 29.3. The lowest BCUT2D eigenvalue weighted by Crippen LogP contribution is -2.18. The Kier molecular flexibility index (Phi) is 14.5. The maximum absolute atomic E-state index is 15.3. The van der Waals surface area contributed by atoms with Crippen LogP contribution >= 0.6 is 29.5 Å². The Morgan fingerprint density at radius 1 is 0.286 bits per heavy atom. The summed E-state index contributed by atoms with van der Waals surface area (Å²) in [5.74, 6) is 0.966. The molecule has 8 aromatic carbocycles. The number of H-pyrrole nitrogens is 2. The van der Waals surface area contributed by atoms with Gasteiger partial charge in [-0.15, -0.1) is 0 Å². The minimum atomic E-state index is -3.69. The maximum atomic E-state index is 15.3. The van der Waals surface area contributed by atoms with Crippen LogP contribution in [0, 0.1) is 0 Å². The minimum Gasteiger partial charge on any atom is -0.324 e. The van der Waals surface area contributed by atoms with Gasteiger partial charge in [-0.1, -0.05) is 72.8 Å². The summed E-state index contributed by atoms with van der Waals surface area (Å²) in [6, 6.07) is 58.0. The van der Waals surface area contributed by atoms with Crippen LogP contribution in [0.25, 0.3) is 89.7 Å². The summed E-state index contributed by atoms with van der Waals surface area (Å²) in [4.78, 5) is 38.5. The number of nitrogens with one attached hydrogen (secondary N) is 2. The Labute approximate surface area is 483 Å². The van der Waals surface area contributed by atoms with E-state index in [9.17, 15) is 0 Å². The molecule has 3 aromatic heterocycles. The number of aromatic nitrogens is 8. The Bertz CT molecular complexity index is 4480. The molecule has 418 valence electrons. The Morgan fingerprint density at radius 2 is 0.548 bits per heavy atom. The average molecular weight is 1190 g/mol. The molecule has 2 aliphatic heterocycles. The predicted octanol–water partition coefficient (Wildman–Crippen LogP) is 11.9. The molecule has 20 heteroatoms. The molecule has 4 atom stereocenters. The van der Waals surface area contributed by atoms with Crippen molar-refractivity contribution in [2.75, 3.05) is 26.4 Å². The van der Waals surface area contributed by atoms with E-state index in [4.69, 9.17) is 48.0 Å². The van der Waals surface area contributed by atoms with Gasteiger partial charge >= 0.3 is 0 Å². The van der Waals surface area contributed by atoms with Crippen LogP contribution in [-0.2, 0) is 36.4 Å². The zero-order valence-electron chi connectivity index (χ0n) is 46.0. The topological polar surface area (TPSA) is 214 Å². The molecule has 4 unspecified atom stereocenters. The average Bonchev–Trinajstić information content (AvgIpc) is 2.29. The summed E-state index contributed by atoms with van der Waals surface area (Å²) >= 11 is 0. The number of rotatable bonds is 16. The lowest BCUT2D eigenvalue weighted by Gasteiger charge is -2.19. The molecular weight excluding hydrogens is 1130 g/mol. The fraction of sp³-hybridized carbons (Fsp3) is 0.125. The first kappa shape index (κ1) is 55.1. The summed E-state index contributed by atoms with van der Waals surface area (Å²) in [5.41, 5.74) is 3.49. The zero-order chi connectivity index (χ0) is 57.8. The van der Waals surface area contributed by atoms with E-state index in [-0.39, 0.29) is 49.7 Å². The Morgan fingerprint density at radius 3 is 0.845 bits per heavy atom. The van der Waals surface area contributed by atoms with Gasteiger partial charge in [-0.2, -0.15) is 0 Å². The molecule has 0 fully saturated rings. The molecule has 11 aromatic rings. The highest BCUT2D eigenvalue weighted by Crippen LogP contribution is 2.50. The maximum Gasteiger partial charge on any atom is 0.261 e. The number of fused-ring (bicyclic) bond motifs is 20. The van der Waals surface area contributed by atoms with Crippen molar-refractivity contribution in [2.24, 2.45) is 0 Å². The summed E-state index contributed by atoms with van der Waals surface area (Å²) in [5, 5.41) is 6.08. The highest BCUT2D eigenvalue weighted by Gasteiger charge is 2.35. The SMILES string of the molecule is CCOP(=O)(c1ccccc1)c1ccc2c(c1)-c1nc-2nc2[nH]c(nc3nc(nc4[nH]c(n1)c1ccc(P(=O)(OCC)c5ccccc5)cc41)-c1ccc(P(=O)(OCC)c4ccccc4)cc1-3)c1ccc(P(=O)(OCC)c3ccccc3)cc21. The smallest absolute Gasteiger partial charge is 0.261 e. The largest absolute Gasteiger partial charge is 0.324 e. The lowest BCUT2D eigenvalue weighted by molar-refractivity contribution is 0.347. The van der Waals surface area contributed by atoms with Crippen LogP contribution in [0.3, 0.4) is 0 Å². The predicted molar refractivity (Wildman–Crippen MR) is 336 cm³/mol. The van der Waals surface area contributed by atoms with Crippen LogP contribution < -0.4 is 42.4 Å². The molecule has 0 aliphatic carbocycles. The number of hydrogen-bond acceptors (Lipinski definition) is 14. The summed E-state index contributed by atoms with van der Waals surface area (Å²) in [7, 11) is -14.7. The van der Waals surface area contributed by atoms with Crippen molar-refractivity contribution in [1.82, 2.24) is 39.9 Å². The van der Waals surface area contributed by atoms with Gasteiger partial charge in [0.15, 0.2) is 23.3 Å². The highest BCUT2D eigenvalue weighted by molar-refractivity contribution is 7.75. The second-order valence-electron chi connectivity index (χ2n) is 19.7. The number of benzene rings is 8. The Balaban J connectivity index is 1.14. The van der Waals surface area contributed by atoms with Crippen molar-refractivity contribution in [3.05, 3.63) is 194 Å². The van der Waals surface area contributed by atoms with Gasteiger partial charge in [0.25, 0.3) is 29.5 Å². The van der Waals surface area contributed by atoms with E-state index in [1.54, 1.807) is 84.9 Å². The molecule has 0 saturated heterocycles. The highest BCUT2D eigenvalue weighted by atomic mass is 31.2. The van der Waals surface area contributed by atoms with E-state index in [2.05, 4.69) is 9.97 Å². The normalized spacial score (nSPS) is 14.9. The van der Waals surface area contributed by atoms with E-state index in [0.717, 1.165) is 0 Å². The summed E-state index contributed by atoms with van der Waals surface area (Å²) in [6.07, 6.45) is 0. The molecule has 0 spiro atoms. The van der Waals surface area contributed by atoms with Gasteiger partial charge < -0.3 is 28.1 Å². The zero-order valence-corrected chi connectivity index (χ0v) is 49.6. The molecule has 0 amide bonds. The van der Waals surface area contributed by atoms with Crippen LogP contribution in [0.5, 0.6) is 0 Å². The van der Waals surface area contributed by atoms with Crippen LogP contribution in [0.4, 0.5) is 0 Å². The molecule has 8 bridgehead atoms. The van der Waals surface area contributed by atoms with E-state index in [1.807, 2.05) is 137 Å². The van der Waals surface area contributed by atoms with Crippen molar-refractivity contribution in [2.45, 2.75) is 27.7 Å². The first-order valence-corrected chi connectivity index (χ1v) is 34.0. The molecule has 5 heterocycles. The molecule has 16 nitrogen and oxygen atoms in total. The van der Waals surface area contributed by atoms with Gasteiger partial charge in [0.05, 0.1) is 26.4 Å². The van der Waals surface area contributed by atoms with E-state index >= 15 is 18.3 Å². The molecule has 0 radical (unpaired) electrons. The fourth-order valence-corrected chi connectivity index (χ4v) is 19.3. The minimum absolute atomic E-state index is 0.179. The molecule has 2 N–H and O–H groups in total. The standard InChI is InChI=1S/C64H54N8O8P4/c1-5-77-81(73,41-21-13-9-14-22-41)45-29-33-49-53(37-45)61-65-57(49)70-62-55-39-47(83(75,79-7-3)43-25-17-11-18-26-43)31-35-51(55)59(67-62)72-64-56-40-48(84(76,80-8-4)44-27-19-12-20-28-44)32-36-52(56)60(68-64)71-63-54-38-46(30-34-50(54)58(66-63)69-61)82(74,78-6-2)42-23-15-10-16-24-42/h9-40H,5-8H2,1-4H3,(H2,65,66,67,68,69,70,71,72).